The standard InChI is InChI=1S/C11H13F3O4S.HI/c1-7-4-9(5-8(2)10(7)17-3)6-18-19(15,16)11(12,13)14;/h4-5H,6H2,1-3H3;1H. The summed E-state index contributed by atoms with van der Waals surface area (Å²) in [6.45, 7) is 2.73. The number of benzene rings is 1. The van der Waals surface area contributed by atoms with Crippen molar-refractivity contribution in [3.63, 3.8) is 0 Å². The summed E-state index contributed by atoms with van der Waals surface area (Å²) < 4.78 is 66.8. The molecule has 0 aliphatic rings. The molecule has 9 heteroatoms. The maximum Gasteiger partial charge on any atom is 0.523 e. The average Bonchev–Trinajstić information content (AvgIpc) is 2.24. The lowest BCUT2D eigenvalue weighted by molar-refractivity contribution is -0.0547. The monoisotopic (exact) mass is 426 g/mol. The number of rotatable bonds is 4. The van der Waals surface area contributed by atoms with E-state index in [1.54, 1.807) is 13.8 Å². The highest BCUT2D eigenvalue weighted by atomic mass is 127. The normalized spacial score (nSPS) is 11.9. The molecule has 0 radical (unpaired) electrons. The summed E-state index contributed by atoms with van der Waals surface area (Å²) in [5.41, 5.74) is -3.72. The first-order valence-electron chi connectivity index (χ1n) is 5.18. The number of halogens is 4. The Bertz CT molecular complexity index is 547. The maximum atomic E-state index is 12.1. The van der Waals surface area contributed by atoms with Crippen LogP contribution in [-0.2, 0) is 20.9 Å². The fourth-order valence-electron chi connectivity index (χ4n) is 1.66. The smallest absolute Gasteiger partial charge is 0.496 e. The molecule has 0 N–H and O–H groups in total. The van der Waals surface area contributed by atoms with Gasteiger partial charge in [0.1, 0.15) is 5.75 Å². The van der Waals surface area contributed by atoms with Crippen molar-refractivity contribution in [2.45, 2.75) is 26.0 Å². The van der Waals surface area contributed by atoms with Gasteiger partial charge in [-0.2, -0.15) is 21.6 Å². The van der Waals surface area contributed by atoms with Crippen molar-refractivity contribution in [2.75, 3.05) is 7.11 Å². The van der Waals surface area contributed by atoms with Gasteiger partial charge in [-0.25, -0.2) is 0 Å². The van der Waals surface area contributed by atoms with Crippen molar-refractivity contribution in [3.8, 4) is 5.75 Å². The Kier molecular flexibility index (Phi) is 6.75. The van der Waals surface area contributed by atoms with E-state index in [4.69, 9.17) is 4.74 Å². The molecule has 4 nitrogen and oxygen atoms in total. The van der Waals surface area contributed by atoms with E-state index >= 15 is 0 Å². The molecule has 1 rings (SSSR count). The SMILES string of the molecule is COc1c(C)cc(COS(=O)(=O)C(F)(F)F)cc1C.I. The van der Waals surface area contributed by atoms with Crippen LogP contribution in [0.3, 0.4) is 0 Å². The van der Waals surface area contributed by atoms with Crippen LogP contribution in [0, 0.1) is 13.8 Å². The molecule has 0 amide bonds. The number of hydrogen-bond acceptors (Lipinski definition) is 4. The molecule has 0 saturated carbocycles. The van der Waals surface area contributed by atoms with E-state index in [1.807, 2.05) is 0 Å². The van der Waals surface area contributed by atoms with Gasteiger partial charge in [-0.3, -0.25) is 4.18 Å². The third kappa shape index (κ3) is 4.48. The molecular formula is C11H14F3IO4S. The van der Waals surface area contributed by atoms with Crippen molar-refractivity contribution >= 4 is 34.1 Å². The van der Waals surface area contributed by atoms with Gasteiger partial charge >= 0.3 is 15.6 Å². The zero-order valence-electron chi connectivity index (χ0n) is 10.9. The molecule has 0 atom stereocenters. The van der Waals surface area contributed by atoms with Gasteiger partial charge in [0.25, 0.3) is 0 Å². The van der Waals surface area contributed by atoms with Gasteiger partial charge in [0, 0.05) is 0 Å². The largest absolute Gasteiger partial charge is 0.523 e. The Morgan fingerprint density at radius 1 is 1.15 bits per heavy atom. The molecule has 20 heavy (non-hydrogen) atoms. The van der Waals surface area contributed by atoms with E-state index in [1.165, 1.54) is 19.2 Å². The van der Waals surface area contributed by atoms with Crippen molar-refractivity contribution in [1.29, 1.82) is 0 Å². The molecule has 0 unspecified atom stereocenters. The quantitative estimate of drug-likeness (QED) is 0.422. The van der Waals surface area contributed by atoms with E-state index in [-0.39, 0.29) is 24.0 Å². The van der Waals surface area contributed by atoms with E-state index in [0.29, 0.717) is 22.4 Å². The van der Waals surface area contributed by atoms with Gasteiger partial charge in [0.05, 0.1) is 13.7 Å². The summed E-state index contributed by atoms with van der Waals surface area (Å²) >= 11 is 0. The highest BCUT2D eigenvalue weighted by Crippen LogP contribution is 2.28. The molecule has 0 heterocycles. The van der Waals surface area contributed by atoms with E-state index in [0.717, 1.165) is 0 Å². The molecule has 0 spiro atoms. The fraction of sp³-hybridized carbons (Fsp3) is 0.455. The minimum atomic E-state index is -5.57. The summed E-state index contributed by atoms with van der Waals surface area (Å²) in [6.07, 6.45) is 0. The van der Waals surface area contributed by atoms with Gasteiger partial charge in [0.2, 0.25) is 0 Å². The minimum absolute atomic E-state index is 0. The van der Waals surface area contributed by atoms with Crippen LogP contribution in [0.5, 0.6) is 5.75 Å². The van der Waals surface area contributed by atoms with Crippen LogP contribution in [0.1, 0.15) is 16.7 Å². The third-order valence-corrected chi connectivity index (χ3v) is 3.38. The second-order valence-corrected chi connectivity index (χ2v) is 5.53. The second kappa shape index (κ2) is 6.94. The number of alkyl halides is 3. The van der Waals surface area contributed by atoms with E-state index in [2.05, 4.69) is 4.18 Å². The Morgan fingerprint density at radius 3 is 1.95 bits per heavy atom. The van der Waals surface area contributed by atoms with Crippen molar-refractivity contribution in [1.82, 2.24) is 0 Å². The summed E-state index contributed by atoms with van der Waals surface area (Å²) in [5.74, 6) is 0.599. The molecule has 0 aliphatic carbocycles. The van der Waals surface area contributed by atoms with Crippen LogP contribution < -0.4 is 4.74 Å². The minimum Gasteiger partial charge on any atom is -0.496 e. The molecule has 0 aliphatic heterocycles. The van der Waals surface area contributed by atoms with Crippen molar-refractivity contribution in [3.05, 3.63) is 28.8 Å². The highest BCUT2D eigenvalue weighted by molar-refractivity contribution is 14.0. The van der Waals surface area contributed by atoms with Crippen LogP contribution in [0.4, 0.5) is 13.2 Å². The lowest BCUT2D eigenvalue weighted by atomic mass is 10.1. The summed E-state index contributed by atoms with van der Waals surface area (Å²) in [5, 5.41) is 0. The predicted octanol–water partition coefficient (Wildman–Crippen LogP) is 3.30. The molecule has 116 valence electrons. The summed E-state index contributed by atoms with van der Waals surface area (Å²) in [6, 6.07) is 3.02. The lowest BCUT2D eigenvalue weighted by Gasteiger charge is -2.12. The topological polar surface area (TPSA) is 52.6 Å². The summed E-state index contributed by atoms with van der Waals surface area (Å²) in [7, 11) is -4.10. The molecule has 0 fully saturated rings. The Labute approximate surface area is 132 Å². The summed E-state index contributed by atoms with van der Waals surface area (Å²) in [4.78, 5) is 0. The first-order chi connectivity index (χ1) is 8.58. The molecule has 1 aromatic rings. The Morgan fingerprint density at radius 2 is 1.60 bits per heavy atom. The van der Waals surface area contributed by atoms with Crippen LogP contribution in [0.2, 0.25) is 0 Å². The number of hydrogen-bond donors (Lipinski definition) is 0. The van der Waals surface area contributed by atoms with Gasteiger partial charge in [-0.15, -0.1) is 24.0 Å². The van der Waals surface area contributed by atoms with E-state index < -0.39 is 22.2 Å². The molecule has 0 aromatic heterocycles. The lowest BCUT2D eigenvalue weighted by Crippen LogP contribution is -2.25. The van der Waals surface area contributed by atoms with Crippen molar-refractivity contribution < 1.29 is 30.5 Å². The van der Waals surface area contributed by atoms with Crippen molar-refractivity contribution in [2.24, 2.45) is 0 Å². The van der Waals surface area contributed by atoms with Crippen LogP contribution in [0.25, 0.3) is 0 Å². The molecular weight excluding hydrogens is 412 g/mol. The van der Waals surface area contributed by atoms with Gasteiger partial charge in [0.15, 0.2) is 0 Å². The van der Waals surface area contributed by atoms with Gasteiger partial charge < -0.3 is 4.74 Å². The number of ether oxygens (including phenoxy) is 1. The first kappa shape index (κ1) is 19.4. The Hall–Kier alpha value is -0.550. The fourth-order valence-corrected chi connectivity index (χ4v) is 2.08. The zero-order valence-corrected chi connectivity index (χ0v) is 14.1. The predicted molar refractivity (Wildman–Crippen MR) is 77.6 cm³/mol. The van der Waals surface area contributed by atoms with Crippen LogP contribution in [0.15, 0.2) is 12.1 Å². The molecule has 0 bridgehead atoms. The van der Waals surface area contributed by atoms with E-state index in [9.17, 15) is 21.6 Å². The first-order valence-corrected chi connectivity index (χ1v) is 6.59. The second-order valence-electron chi connectivity index (χ2n) is 3.92. The average molecular weight is 426 g/mol. The molecule has 0 saturated heterocycles. The van der Waals surface area contributed by atoms with Gasteiger partial charge in [-0.1, -0.05) is 12.1 Å². The third-order valence-electron chi connectivity index (χ3n) is 2.39. The highest BCUT2D eigenvalue weighted by Gasteiger charge is 2.47. The van der Waals surface area contributed by atoms with Crippen LogP contribution in [-0.4, -0.2) is 21.0 Å². The maximum absolute atomic E-state index is 12.1. The van der Waals surface area contributed by atoms with Crippen LogP contribution >= 0.6 is 24.0 Å². The Balaban J connectivity index is 0.00000361. The van der Waals surface area contributed by atoms with Gasteiger partial charge in [-0.05, 0) is 30.5 Å². The number of methoxy groups -OCH3 is 1. The zero-order chi connectivity index (χ0) is 14.8. The number of aryl methyl sites for hydroxylation is 2. The molecule has 1 aromatic carbocycles.